The molecule has 1 aromatic carbocycles. The van der Waals surface area contributed by atoms with Gasteiger partial charge >= 0.3 is 0 Å². The Kier molecular flexibility index (Phi) is 2.68. The van der Waals surface area contributed by atoms with Gasteiger partial charge in [0.15, 0.2) is 5.78 Å². The zero-order valence-electron chi connectivity index (χ0n) is 9.10. The number of nitrogen functional groups attached to an aromatic ring is 1. The zero-order chi connectivity index (χ0) is 11.8. The number of anilines is 1. The molecule has 3 rings (SSSR count). The van der Waals surface area contributed by atoms with Gasteiger partial charge in [-0.25, -0.2) is 0 Å². The van der Waals surface area contributed by atoms with Crippen LogP contribution in [0.5, 0.6) is 0 Å². The van der Waals surface area contributed by atoms with Crippen molar-refractivity contribution in [2.24, 2.45) is 0 Å². The van der Waals surface area contributed by atoms with Crippen molar-refractivity contribution in [3.05, 3.63) is 40.1 Å². The highest BCUT2D eigenvalue weighted by atomic mass is 32.2. The lowest BCUT2D eigenvalue weighted by Crippen LogP contribution is -1.95. The van der Waals surface area contributed by atoms with Crippen molar-refractivity contribution in [1.29, 1.82) is 0 Å². The summed E-state index contributed by atoms with van der Waals surface area (Å²) in [4.78, 5) is 13.8. The molecule has 0 spiro atoms. The summed E-state index contributed by atoms with van der Waals surface area (Å²) in [5.41, 5.74) is 8.76. The van der Waals surface area contributed by atoms with Crippen molar-refractivity contribution in [2.75, 3.05) is 5.73 Å². The van der Waals surface area contributed by atoms with Crippen LogP contribution in [0.1, 0.15) is 22.3 Å². The van der Waals surface area contributed by atoms with Crippen molar-refractivity contribution < 1.29 is 4.79 Å². The van der Waals surface area contributed by atoms with E-state index in [9.17, 15) is 4.79 Å². The van der Waals surface area contributed by atoms with Gasteiger partial charge in [0, 0.05) is 32.8 Å². The van der Waals surface area contributed by atoms with Crippen LogP contribution in [-0.4, -0.2) is 5.78 Å². The first-order valence-corrected chi connectivity index (χ1v) is 7.15. The Balaban J connectivity index is 2.00. The summed E-state index contributed by atoms with van der Waals surface area (Å²) in [5, 5.41) is 4.12. The van der Waals surface area contributed by atoms with Crippen molar-refractivity contribution in [3.63, 3.8) is 0 Å². The number of hydrogen-bond donors (Lipinski definition) is 1. The van der Waals surface area contributed by atoms with Gasteiger partial charge in [0.2, 0.25) is 0 Å². The first kappa shape index (κ1) is 10.9. The molecule has 2 aromatic rings. The van der Waals surface area contributed by atoms with E-state index < -0.39 is 0 Å². The van der Waals surface area contributed by atoms with Crippen LogP contribution in [0, 0.1) is 0 Å². The molecule has 1 heterocycles. The number of carbonyl (C=O) groups excluding carboxylic acids is 1. The summed E-state index contributed by atoms with van der Waals surface area (Å²) in [6.07, 6.45) is 1.46. The fourth-order valence-corrected chi connectivity index (χ4v) is 3.72. The Bertz CT molecular complexity index is 575. The predicted octanol–water partition coefficient (Wildman–Crippen LogP) is 3.61. The lowest BCUT2D eigenvalue weighted by molar-refractivity contribution is 0.0994. The summed E-state index contributed by atoms with van der Waals surface area (Å²) >= 11 is 3.28. The van der Waals surface area contributed by atoms with Crippen LogP contribution >= 0.6 is 23.1 Å². The molecule has 86 valence electrons. The van der Waals surface area contributed by atoms with Gasteiger partial charge < -0.3 is 5.73 Å². The first-order valence-electron chi connectivity index (χ1n) is 5.39. The second kappa shape index (κ2) is 4.20. The third-order valence-corrected chi connectivity index (χ3v) is 4.78. The standard InChI is InChI=1S/C13H11NOS2/c14-11-5-8-1-2-12(15)10(8)6-13(11)17-9-3-4-16-7-9/h3-7H,1-2,14H2. The number of aryl methyl sites for hydroxylation is 1. The molecule has 1 aromatic heterocycles. The Morgan fingerprint density at radius 1 is 1.29 bits per heavy atom. The zero-order valence-corrected chi connectivity index (χ0v) is 10.7. The molecule has 0 radical (unpaired) electrons. The molecule has 0 saturated carbocycles. The van der Waals surface area contributed by atoms with Gasteiger partial charge in [-0.2, -0.15) is 11.3 Å². The Hall–Kier alpha value is -1.26. The normalized spacial score (nSPS) is 14.0. The number of carbonyl (C=O) groups is 1. The summed E-state index contributed by atoms with van der Waals surface area (Å²) < 4.78 is 0. The summed E-state index contributed by atoms with van der Waals surface area (Å²) in [6, 6.07) is 5.96. The first-order chi connectivity index (χ1) is 8.24. The number of hydrogen-bond acceptors (Lipinski definition) is 4. The van der Waals surface area contributed by atoms with Crippen LogP contribution in [-0.2, 0) is 6.42 Å². The average Bonchev–Trinajstić information content (AvgIpc) is 2.92. The van der Waals surface area contributed by atoms with Gasteiger partial charge in [0.05, 0.1) is 0 Å². The molecule has 0 aliphatic heterocycles. The van der Waals surface area contributed by atoms with E-state index in [0.29, 0.717) is 6.42 Å². The van der Waals surface area contributed by atoms with E-state index >= 15 is 0 Å². The minimum atomic E-state index is 0.243. The Labute approximate surface area is 108 Å². The molecule has 0 atom stereocenters. The lowest BCUT2D eigenvalue weighted by Gasteiger charge is -2.07. The van der Waals surface area contributed by atoms with E-state index in [1.54, 1.807) is 23.1 Å². The fraction of sp³-hybridized carbons (Fsp3) is 0.154. The van der Waals surface area contributed by atoms with Crippen LogP contribution in [0.4, 0.5) is 5.69 Å². The number of rotatable bonds is 2. The molecular formula is C13H11NOS2. The second-order valence-electron chi connectivity index (χ2n) is 4.03. The quantitative estimate of drug-likeness (QED) is 0.840. The van der Waals surface area contributed by atoms with Gasteiger partial charge in [0.25, 0.3) is 0 Å². The largest absolute Gasteiger partial charge is 0.398 e. The molecule has 0 unspecified atom stereocenters. The summed E-state index contributed by atoms with van der Waals surface area (Å²) in [7, 11) is 0. The molecule has 0 saturated heterocycles. The predicted molar refractivity (Wildman–Crippen MR) is 71.9 cm³/mol. The molecular weight excluding hydrogens is 250 g/mol. The molecule has 0 fully saturated rings. The van der Waals surface area contributed by atoms with E-state index in [4.69, 9.17) is 5.73 Å². The number of thiophene rings is 1. The van der Waals surface area contributed by atoms with Crippen molar-refractivity contribution in [3.8, 4) is 0 Å². The average molecular weight is 261 g/mol. The summed E-state index contributed by atoms with van der Waals surface area (Å²) in [6.45, 7) is 0. The fourth-order valence-electron chi connectivity index (χ4n) is 2.02. The van der Waals surface area contributed by atoms with E-state index in [2.05, 4.69) is 11.4 Å². The maximum atomic E-state index is 11.7. The minimum absolute atomic E-state index is 0.243. The highest BCUT2D eigenvalue weighted by molar-refractivity contribution is 7.99. The smallest absolute Gasteiger partial charge is 0.163 e. The highest BCUT2D eigenvalue weighted by Crippen LogP contribution is 2.37. The van der Waals surface area contributed by atoms with Crippen molar-refractivity contribution in [2.45, 2.75) is 22.6 Å². The Morgan fingerprint density at radius 3 is 2.94 bits per heavy atom. The number of nitrogens with two attached hydrogens (primary N) is 1. The van der Waals surface area contributed by atoms with Gasteiger partial charge in [-0.05, 0) is 35.6 Å². The van der Waals surface area contributed by atoms with E-state index in [0.717, 1.165) is 28.1 Å². The number of Topliss-reactive ketones (excluding diaryl/α,β-unsaturated/α-hetero) is 1. The third-order valence-electron chi connectivity index (χ3n) is 2.88. The number of ketones is 1. The molecule has 4 heteroatoms. The molecule has 1 aliphatic carbocycles. The summed E-state index contributed by atoms with van der Waals surface area (Å²) in [5.74, 6) is 0.243. The molecule has 0 bridgehead atoms. The van der Waals surface area contributed by atoms with Gasteiger partial charge in [-0.1, -0.05) is 11.8 Å². The molecule has 1 aliphatic rings. The van der Waals surface area contributed by atoms with Crippen LogP contribution in [0.3, 0.4) is 0 Å². The van der Waals surface area contributed by atoms with Crippen LogP contribution in [0.2, 0.25) is 0 Å². The molecule has 17 heavy (non-hydrogen) atoms. The number of fused-ring (bicyclic) bond motifs is 1. The second-order valence-corrected chi connectivity index (χ2v) is 5.93. The SMILES string of the molecule is Nc1cc2c(cc1Sc1ccsc1)C(=O)CC2. The Morgan fingerprint density at radius 2 is 2.18 bits per heavy atom. The monoisotopic (exact) mass is 261 g/mol. The molecule has 2 nitrogen and oxygen atoms in total. The van der Waals surface area contributed by atoms with Gasteiger partial charge in [-0.3, -0.25) is 4.79 Å². The van der Waals surface area contributed by atoms with Gasteiger partial charge in [-0.15, -0.1) is 0 Å². The minimum Gasteiger partial charge on any atom is -0.398 e. The number of benzene rings is 1. The van der Waals surface area contributed by atoms with Crippen molar-refractivity contribution >= 4 is 34.6 Å². The molecule has 0 amide bonds. The van der Waals surface area contributed by atoms with E-state index in [-0.39, 0.29) is 5.78 Å². The van der Waals surface area contributed by atoms with Crippen LogP contribution < -0.4 is 5.73 Å². The molecule has 2 N–H and O–H groups in total. The van der Waals surface area contributed by atoms with Crippen LogP contribution in [0.15, 0.2) is 38.8 Å². The van der Waals surface area contributed by atoms with Crippen LogP contribution in [0.25, 0.3) is 0 Å². The highest BCUT2D eigenvalue weighted by Gasteiger charge is 2.21. The maximum absolute atomic E-state index is 11.7. The van der Waals surface area contributed by atoms with Crippen molar-refractivity contribution in [1.82, 2.24) is 0 Å². The van der Waals surface area contributed by atoms with E-state index in [1.165, 1.54) is 4.90 Å². The third kappa shape index (κ3) is 1.98. The maximum Gasteiger partial charge on any atom is 0.163 e. The lowest BCUT2D eigenvalue weighted by atomic mass is 10.1. The van der Waals surface area contributed by atoms with E-state index in [1.807, 2.05) is 17.5 Å². The topological polar surface area (TPSA) is 43.1 Å². The van der Waals surface area contributed by atoms with Gasteiger partial charge in [0.1, 0.15) is 0 Å².